The van der Waals surface area contributed by atoms with Crippen molar-refractivity contribution in [1.29, 1.82) is 0 Å². The van der Waals surface area contributed by atoms with Gasteiger partial charge in [-0.05, 0) is 110 Å². The molecule has 5 rings (SSSR count). The minimum atomic E-state index is -1.29. The van der Waals surface area contributed by atoms with E-state index in [4.69, 9.17) is 9.47 Å². The Hall–Kier alpha value is -1.22. The molecule has 4 aliphatic carbocycles. The Labute approximate surface area is 271 Å². The lowest BCUT2D eigenvalue weighted by molar-refractivity contribution is -0.165. The number of ether oxygens (including phenoxy) is 2. The molecule has 1 aliphatic heterocycles. The molecule has 0 aromatic heterocycles. The maximum Gasteiger partial charge on any atom is 0.306 e. The summed E-state index contributed by atoms with van der Waals surface area (Å²) in [5, 5.41) is 32.4. The fraction of sp³-hybridized carbons (Fsp3) is 0.946. The molecule has 258 valence electrons. The average molecular weight is 634 g/mol. The van der Waals surface area contributed by atoms with Gasteiger partial charge < -0.3 is 30.1 Å². The highest BCUT2D eigenvalue weighted by atomic mass is 16.5. The number of aliphatic hydroxyl groups is 3. The minimum absolute atomic E-state index is 0.0265. The van der Waals surface area contributed by atoms with Gasteiger partial charge in [0.2, 0.25) is 0 Å². The number of esters is 2. The van der Waals surface area contributed by atoms with Gasteiger partial charge in [0.1, 0.15) is 24.9 Å². The zero-order chi connectivity index (χ0) is 32.5. The summed E-state index contributed by atoms with van der Waals surface area (Å²) in [5.74, 6) is 4.73. The van der Waals surface area contributed by atoms with Crippen molar-refractivity contribution < 1.29 is 34.4 Å². The van der Waals surface area contributed by atoms with E-state index in [-0.39, 0.29) is 38.1 Å². The van der Waals surface area contributed by atoms with E-state index in [2.05, 4.69) is 39.9 Å². The second-order valence-electron chi connectivity index (χ2n) is 16.8. The SMILES string of the molecule is CC(C)CCC[C@@H](C)[C@H]1CC[C@H]2[C@@H]3CCC4C[C@@H](OC(=O)CCC(=O)OC[C@H]5NC[C@H](O)[C@@H](O)[C@@H]5O)CC[C@]4(C)[C@H]3CC[C@]12C. The van der Waals surface area contributed by atoms with Crippen molar-refractivity contribution in [1.82, 2.24) is 5.32 Å². The van der Waals surface area contributed by atoms with Gasteiger partial charge in [-0.3, -0.25) is 9.59 Å². The van der Waals surface area contributed by atoms with Crippen LogP contribution in [0, 0.1) is 52.3 Å². The Morgan fingerprint density at radius 3 is 2.31 bits per heavy atom. The summed E-state index contributed by atoms with van der Waals surface area (Å²) in [7, 11) is 0. The van der Waals surface area contributed by atoms with Crippen LogP contribution in [0.4, 0.5) is 0 Å². The van der Waals surface area contributed by atoms with Crippen molar-refractivity contribution in [2.45, 2.75) is 155 Å². The summed E-state index contributed by atoms with van der Waals surface area (Å²) in [6.07, 6.45) is 11.5. The highest BCUT2D eigenvalue weighted by molar-refractivity contribution is 5.77. The van der Waals surface area contributed by atoms with E-state index in [0.717, 1.165) is 54.8 Å². The molecule has 4 N–H and O–H groups in total. The number of piperidine rings is 1. The molecule has 1 saturated heterocycles. The van der Waals surface area contributed by atoms with Crippen LogP contribution < -0.4 is 5.32 Å². The Morgan fingerprint density at radius 1 is 0.844 bits per heavy atom. The van der Waals surface area contributed by atoms with Gasteiger partial charge in [0.25, 0.3) is 0 Å². The summed E-state index contributed by atoms with van der Waals surface area (Å²) < 4.78 is 11.2. The van der Waals surface area contributed by atoms with E-state index in [9.17, 15) is 24.9 Å². The molecular weight excluding hydrogens is 570 g/mol. The molecule has 1 heterocycles. The predicted molar refractivity (Wildman–Crippen MR) is 173 cm³/mol. The van der Waals surface area contributed by atoms with Gasteiger partial charge in [-0.1, -0.05) is 53.9 Å². The molecule has 8 nitrogen and oxygen atoms in total. The van der Waals surface area contributed by atoms with Crippen LogP contribution in [-0.4, -0.2) is 70.9 Å². The zero-order valence-corrected chi connectivity index (χ0v) is 28.7. The molecule has 0 radical (unpaired) electrons. The highest BCUT2D eigenvalue weighted by Crippen LogP contribution is 2.68. The lowest BCUT2D eigenvalue weighted by atomic mass is 9.44. The first-order chi connectivity index (χ1) is 21.3. The van der Waals surface area contributed by atoms with Gasteiger partial charge in [0.15, 0.2) is 0 Å². The maximum atomic E-state index is 12.7. The van der Waals surface area contributed by atoms with Gasteiger partial charge in [-0.2, -0.15) is 0 Å². The largest absolute Gasteiger partial charge is 0.464 e. The Morgan fingerprint density at radius 2 is 1.56 bits per heavy atom. The second-order valence-corrected chi connectivity index (χ2v) is 16.8. The van der Waals surface area contributed by atoms with Crippen LogP contribution in [0.5, 0.6) is 0 Å². The third kappa shape index (κ3) is 7.44. The minimum Gasteiger partial charge on any atom is -0.464 e. The van der Waals surface area contributed by atoms with Crippen molar-refractivity contribution >= 4 is 11.9 Å². The normalized spacial score (nSPS) is 43.6. The first-order valence-electron chi connectivity index (χ1n) is 18.5. The van der Waals surface area contributed by atoms with Crippen molar-refractivity contribution in [3.63, 3.8) is 0 Å². The smallest absolute Gasteiger partial charge is 0.306 e. The van der Waals surface area contributed by atoms with Crippen LogP contribution >= 0.6 is 0 Å². The fourth-order valence-corrected chi connectivity index (χ4v) is 11.2. The first kappa shape index (κ1) is 35.1. The first-order valence-corrected chi connectivity index (χ1v) is 18.5. The molecule has 1 unspecified atom stereocenters. The van der Waals surface area contributed by atoms with E-state index in [0.29, 0.717) is 16.7 Å². The quantitative estimate of drug-likeness (QED) is 0.223. The van der Waals surface area contributed by atoms with Gasteiger partial charge in [0.05, 0.1) is 25.0 Å². The zero-order valence-electron chi connectivity index (χ0n) is 28.7. The number of rotatable bonds is 11. The van der Waals surface area contributed by atoms with Gasteiger partial charge in [0, 0.05) is 6.54 Å². The molecule has 5 fully saturated rings. The van der Waals surface area contributed by atoms with Crippen molar-refractivity contribution in [2.75, 3.05) is 13.2 Å². The Bertz CT molecular complexity index is 1020. The number of carbonyl (C=O) groups excluding carboxylic acids is 2. The molecule has 45 heavy (non-hydrogen) atoms. The monoisotopic (exact) mass is 633 g/mol. The molecule has 0 spiro atoms. The molecule has 8 heteroatoms. The van der Waals surface area contributed by atoms with Crippen LogP contribution in [0.25, 0.3) is 0 Å². The van der Waals surface area contributed by atoms with Crippen molar-refractivity contribution in [3.8, 4) is 0 Å². The lowest BCUT2D eigenvalue weighted by Crippen LogP contribution is -2.61. The molecule has 5 aliphatic rings. The summed E-state index contributed by atoms with van der Waals surface area (Å²) >= 11 is 0. The van der Waals surface area contributed by atoms with Crippen molar-refractivity contribution in [3.05, 3.63) is 0 Å². The molecule has 4 saturated carbocycles. The van der Waals surface area contributed by atoms with Crippen LogP contribution in [0.1, 0.15) is 125 Å². The number of fused-ring (bicyclic) bond motifs is 5. The third-order valence-electron chi connectivity index (χ3n) is 13.8. The van der Waals surface area contributed by atoms with E-state index >= 15 is 0 Å². The van der Waals surface area contributed by atoms with E-state index in [1.165, 1.54) is 57.8 Å². The van der Waals surface area contributed by atoms with Gasteiger partial charge in [-0.25, -0.2) is 0 Å². The van der Waals surface area contributed by atoms with E-state index < -0.39 is 30.3 Å². The molecule has 0 aromatic rings. The van der Waals surface area contributed by atoms with E-state index in [1.807, 2.05) is 0 Å². The van der Waals surface area contributed by atoms with E-state index in [1.54, 1.807) is 0 Å². The standard InChI is InChI=1S/C37H63NO7/c1-22(2)7-6-8-23(3)27-11-12-28-26-10-9-24-19-25(15-17-36(24,4)29(26)16-18-37(27,28)5)45-33(41)14-13-32(40)44-21-30-34(42)35(43)31(39)20-38-30/h22-31,34-35,38-39,42-43H,6-21H2,1-5H3/t23-,24?,25+,26+,27-,28+,29+,30-,31+,34-,35-,36+,37-/m1/s1. The van der Waals surface area contributed by atoms with Gasteiger partial charge >= 0.3 is 11.9 Å². The number of aliphatic hydroxyl groups excluding tert-OH is 3. The van der Waals surface area contributed by atoms with Crippen LogP contribution in [0.3, 0.4) is 0 Å². The summed E-state index contributed by atoms with van der Waals surface area (Å²) in [6, 6.07) is -0.665. The summed E-state index contributed by atoms with van der Waals surface area (Å²) in [4.78, 5) is 25.0. The Balaban J connectivity index is 1.07. The fourth-order valence-electron chi connectivity index (χ4n) is 11.2. The van der Waals surface area contributed by atoms with Crippen molar-refractivity contribution in [2.24, 2.45) is 52.3 Å². The molecule has 0 amide bonds. The number of hydrogen-bond acceptors (Lipinski definition) is 8. The third-order valence-corrected chi connectivity index (χ3v) is 13.8. The topological polar surface area (TPSA) is 125 Å². The number of carbonyl (C=O) groups is 2. The molecule has 13 atom stereocenters. The van der Waals surface area contributed by atoms with Crippen LogP contribution in [-0.2, 0) is 19.1 Å². The number of hydrogen-bond donors (Lipinski definition) is 4. The predicted octanol–water partition coefficient (Wildman–Crippen LogP) is 5.40. The van der Waals surface area contributed by atoms with Crippen LogP contribution in [0.15, 0.2) is 0 Å². The maximum absolute atomic E-state index is 12.7. The number of β-amino-alcohol motifs (C(OH)–C–C–N with tert-alkyl or cyclic N) is 1. The Kier molecular flexibility index (Phi) is 11.3. The highest BCUT2D eigenvalue weighted by Gasteiger charge is 2.60. The summed E-state index contributed by atoms with van der Waals surface area (Å²) in [6.45, 7) is 12.4. The molecular formula is C37H63NO7. The average Bonchev–Trinajstić information content (AvgIpc) is 3.36. The molecule has 0 aromatic carbocycles. The molecule has 0 bridgehead atoms. The summed E-state index contributed by atoms with van der Waals surface area (Å²) in [5.41, 5.74) is 0.839. The van der Waals surface area contributed by atoms with Crippen LogP contribution in [0.2, 0.25) is 0 Å². The lowest BCUT2D eigenvalue weighted by Gasteiger charge is -2.61. The second kappa shape index (κ2) is 14.5. The number of nitrogens with one attached hydrogen (secondary N) is 1. The van der Waals surface area contributed by atoms with Gasteiger partial charge in [-0.15, -0.1) is 0 Å².